The highest BCUT2D eigenvalue weighted by molar-refractivity contribution is 5.96. The van der Waals surface area contributed by atoms with Crippen molar-refractivity contribution < 1.29 is 18.7 Å². The number of esters is 1. The van der Waals surface area contributed by atoms with Gasteiger partial charge in [0.15, 0.2) is 0 Å². The molecule has 0 aliphatic carbocycles. The van der Waals surface area contributed by atoms with Gasteiger partial charge < -0.3 is 9.64 Å². The second kappa shape index (κ2) is 5.77. The molecule has 1 aromatic rings. The summed E-state index contributed by atoms with van der Waals surface area (Å²) in [6, 6.07) is 0.535. The lowest BCUT2D eigenvalue weighted by atomic mass is 10.0. The van der Waals surface area contributed by atoms with Crippen LogP contribution in [0.4, 0.5) is 4.39 Å². The molecule has 1 unspecified atom stereocenters. The molecule has 0 saturated carbocycles. The number of nitrogens with zero attached hydrogens (tertiary/aromatic N) is 2. The van der Waals surface area contributed by atoms with Gasteiger partial charge in [0.1, 0.15) is 11.9 Å². The van der Waals surface area contributed by atoms with Crippen molar-refractivity contribution >= 4 is 11.9 Å². The van der Waals surface area contributed by atoms with Crippen molar-refractivity contribution in [2.45, 2.75) is 25.3 Å². The Bertz CT molecular complexity index is 493. The normalized spacial score (nSPS) is 19.1. The Hall–Kier alpha value is -1.98. The number of likely N-dealkylation sites (tertiary alicyclic amines) is 1. The first-order valence-electron chi connectivity index (χ1n) is 6.13. The summed E-state index contributed by atoms with van der Waals surface area (Å²) in [5, 5.41) is 0. The molecule has 1 amide bonds. The average molecular weight is 266 g/mol. The molecule has 2 heterocycles. The molecule has 1 atom stereocenters. The zero-order valence-electron chi connectivity index (χ0n) is 10.6. The van der Waals surface area contributed by atoms with Crippen LogP contribution in [0.1, 0.15) is 29.6 Å². The first-order valence-corrected chi connectivity index (χ1v) is 6.13. The van der Waals surface area contributed by atoms with E-state index in [0.29, 0.717) is 13.0 Å². The molecule has 0 N–H and O–H groups in total. The van der Waals surface area contributed by atoms with E-state index in [2.05, 4.69) is 4.98 Å². The van der Waals surface area contributed by atoms with Crippen molar-refractivity contribution in [1.82, 2.24) is 9.88 Å². The molecule has 0 bridgehead atoms. The lowest BCUT2D eigenvalue weighted by Crippen LogP contribution is -2.48. The number of aromatic nitrogens is 1. The quantitative estimate of drug-likeness (QED) is 0.759. The highest BCUT2D eigenvalue weighted by atomic mass is 19.1. The van der Waals surface area contributed by atoms with Crippen LogP contribution in [-0.2, 0) is 9.53 Å². The second-order valence-electron chi connectivity index (χ2n) is 4.43. The highest BCUT2D eigenvalue weighted by Crippen LogP contribution is 2.20. The van der Waals surface area contributed by atoms with E-state index < -0.39 is 17.8 Å². The summed E-state index contributed by atoms with van der Waals surface area (Å²) in [5.41, 5.74) is 0.149. The van der Waals surface area contributed by atoms with E-state index in [1.54, 1.807) is 0 Å². The summed E-state index contributed by atoms with van der Waals surface area (Å²) in [4.78, 5) is 29.1. The van der Waals surface area contributed by atoms with E-state index in [1.807, 2.05) is 0 Å². The summed E-state index contributed by atoms with van der Waals surface area (Å²) < 4.78 is 17.8. The number of rotatable bonds is 2. The standard InChI is InChI=1S/C13H15FN2O3/c1-19-13(18)11-4-2-3-5-16(11)12(17)9-6-10(14)8-15-7-9/h6-8,11H,2-5H2,1H3. The Labute approximate surface area is 110 Å². The number of hydrogen-bond donors (Lipinski definition) is 0. The lowest BCUT2D eigenvalue weighted by molar-refractivity contribution is -0.147. The van der Waals surface area contributed by atoms with E-state index in [4.69, 9.17) is 4.74 Å². The fourth-order valence-corrected chi connectivity index (χ4v) is 2.25. The number of methoxy groups -OCH3 is 1. The van der Waals surface area contributed by atoms with Crippen LogP contribution in [0.25, 0.3) is 0 Å². The molecule has 102 valence electrons. The van der Waals surface area contributed by atoms with Crippen LogP contribution in [0.2, 0.25) is 0 Å². The first-order chi connectivity index (χ1) is 9.13. The van der Waals surface area contributed by atoms with Gasteiger partial charge in [-0.15, -0.1) is 0 Å². The maximum atomic E-state index is 13.1. The minimum absolute atomic E-state index is 0.149. The molecule has 2 rings (SSSR count). The fourth-order valence-electron chi connectivity index (χ4n) is 2.25. The number of hydrogen-bond acceptors (Lipinski definition) is 4. The third-order valence-corrected chi connectivity index (χ3v) is 3.19. The number of ether oxygens (including phenoxy) is 1. The van der Waals surface area contributed by atoms with Crippen LogP contribution in [0, 0.1) is 5.82 Å². The zero-order chi connectivity index (χ0) is 13.8. The van der Waals surface area contributed by atoms with Crippen LogP contribution in [0.3, 0.4) is 0 Å². The largest absolute Gasteiger partial charge is 0.467 e. The molecular formula is C13H15FN2O3. The zero-order valence-corrected chi connectivity index (χ0v) is 10.6. The van der Waals surface area contributed by atoms with Crippen molar-refractivity contribution in [3.8, 4) is 0 Å². The number of amides is 1. The summed E-state index contributed by atoms with van der Waals surface area (Å²) in [6.45, 7) is 0.467. The topological polar surface area (TPSA) is 59.5 Å². The van der Waals surface area contributed by atoms with E-state index in [-0.39, 0.29) is 11.5 Å². The third-order valence-electron chi connectivity index (χ3n) is 3.19. The smallest absolute Gasteiger partial charge is 0.328 e. The molecule has 19 heavy (non-hydrogen) atoms. The van der Waals surface area contributed by atoms with Gasteiger partial charge in [-0.25, -0.2) is 9.18 Å². The van der Waals surface area contributed by atoms with E-state index in [0.717, 1.165) is 25.1 Å². The van der Waals surface area contributed by atoms with Crippen LogP contribution >= 0.6 is 0 Å². The SMILES string of the molecule is COC(=O)C1CCCCN1C(=O)c1cncc(F)c1. The highest BCUT2D eigenvalue weighted by Gasteiger charge is 2.33. The minimum atomic E-state index is -0.588. The molecule has 0 spiro atoms. The van der Waals surface area contributed by atoms with E-state index >= 15 is 0 Å². The van der Waals surface area contributed by atoms with Crippen LogP contribution < -0.4 is 0 Å². The van der Waals surface area contributed by atoms with Gasteiger partial charge in [-0.2, -0.15) is 0 Å². The molecule has 1 saturated heterocycles. The van der Waals surface area contributed by atoms with Gasteiger partial charge >= 0.3 is 5.97 Å². The summed E-state index contributed by atoms with van der Waals surface area (Å²) in [5.74, 6) is -1.39. The second-order valence-corrected chi connectivity index (χ2v) is 4.43. The maximum Gasteiger partial charge on any atom is 0.328 e. The molecule has 1 aromatic heterocycles. The van der Waals surface area contributed by atoms with Crippen molar-refractivity contribution in [3.05, 3.63) is 29.8 Å². The molecule has 5 nitrogen and oxygen atoms in total. The number of carbonyl (C=O) groups is 2. The molecule has 1 fully saturated rings. The fraction of sp³-hybridized carbons (Fsp3) is 0.462. The Morgan fingerprint density at radius 1 is 1.42 bits per heavy atom. The van der Waals surface area contributed by atoms with E-state index in [1.165, 1.54) is 18.2 Å². The number of halogens is 1. The Kier molecular flexibility index (Phi) is 4.09. The van der Waals surface area contributed by atoms with Gasteiger partial charge in [0.25, 0.3) is 5.91 Å². The van der Waals surface area contributed by atoms with Crippen LogP contribution in [-0.4, -0.2) is 41.5 Å². The lowest BCUT2D eigenvalue weighted by Gasteiger charge is -2.33. The van der Waals surface area contributed by atoms with Gasteiger partial charge in [0, 0.05) is 12.7 Å². The van der Waals surface area contributed by atoms with Gasteiger partial charge in [-0.3, -0.25) is 9.78 Å². The summed E-state index contributed by atoms with van der Waals surface area (Å²) in [6.07, 6.45) is 4.59. The van der Waals surface area contributed by atoms with Crippen molar-refractivity contribution in [3.63, 3.8) is 0 Å². The third kappa shape index (κ3) is 2.89. The van der Waals surface area contributed by atoms with Crippen LogP contribution in [0.5, 0.6) is 0 Å². The molecule has 6 heteroatoms. The Morgan fingerprint density at radius 2 is 2.21 bits per heavy atom. The minimum Gasteiger partial charge on any atom is -0.467 e. The summed E-state index contributed by atoms with van der Waals surface area (Å²) in [7, 11) is 1.29. The predicted octanol–water partition coefficient (Wildman–Crippen LogP) is 1.39. The number of carbonyl (C=O) groups excluding carboxylic acids is 2. The maximum absolute atomic E-state index is 13.1. The van der Waals surface area contributed by atoms with Crippen molar-refractivity contribution in [2.75, 3.05) is 13.7 Å². The average Bonchev–Trinajstić information content (AvgIpc) is 2.45. The van der Waals surface area contributed by atoms with Crippen LogP contribution in [0.15, 0.2) is 18.5 Å². The van der Waals surface area contributed by atoms with Crippen molar-refractivity contribution in [2.24, 2.45) is 0 Å². The molecular weight excluding hydrogens is 251 g/mol. The molecule has 1 aliphatic heterocycles. The van der Waals surface area contributed by atoms with Gasteiger partial charge in [0.2, 0.25) is 0 Å². The van der Waals surface area contributed by atoms with Gasteiger partial charge in [0.05, 0.1) is 18.9 Å². The predicted molar refractivity (Wildman–Crippen MR) is 64.9 cm³/mol. The molecule has 0 aromatic carbocycles. The Balaban J connectivity index is 2.22. The monoisotopic (exact) mass is 266 g/mol. The number of piperidine rings is 1. The van der Waals surface area contributed by atoms with Gasteiger partial charge in [-0.05, 0) is 25.3 Å². The molecule has 0 radical (unpaired) electrons. The Morgan fingerprint density at radius 3 is 2.89 bits per heavy atom. The van der Waals surface area contributed by atoms with Crippen molar-refractivity contribution in [1.29, 1.82) is 0 Å². The van der Waals surface area contributed by atoms with Gasteiger partial charge in [-0.1, -0.05) is 0 Å². The first kappa shape index (κ1) is 13.5. The molecule has 1 aliphatic rings. The van der Waals surface area contributed by atoms with E-state index in [9.17, 15) is 14.0 Å². The summed E-state index contributed by atoms with van der Waals surface area (Å²) >= 11 is 0. The number of pyridine rings is 1.